The van der Waals surface area contributed by atoms with Crippen LogP contribution in [0.15, 0.2) is 47.3 Å². The number of nitrogens with zero attached hydrogens (tertiary/aromatic N) is 1. The van der Waals surface area contributed by atoms with Gasteiger partial charge in [0.05, 0.1) is 15.7 Å². The summed E-state index contributed by atoms with van der Waals surface area (Å²) in [6.07, 6.45) is 0.459. The number of benzene rings is 2. The maximum atomic E-state index is 12.8. The molecule has 0 saturated heterocycles. The molecule has 3 aromatic rings. The van der Waals surface area contributed by atoms with E-state index in [0.717, 1.165) is 11.1 Å². The maximum Gasteiger partial charge on any atom is 0.341 e. The molecule has 0 unspecified atom stereocenters. The number of carboxylic acid groups (broad SMARTS) is 1. The average Bonchev–Trinajstić information content (AvgIpc) is 2.65. The van der Waals surface area contributed by atoms with Gasteiger partial charge in [-0.25, -0.2) is 4.79 Å². The van der Waals surface area contributed by atoms with Gasteiger partial charge in [0.25, 0.3) is 0 Å². The molecule has 29 heavy (non-hydrogen) atoms. The summed E-state index contributed by atoms with van der Waals surface area (Å²) in [6, 6.07) is 11.8. The van der Waals surface area contributed by atoms with Crippen molar-refractivity contribution in [1.29, 1.82) is 0 Å². The quantitative estimate of drug-likeness (QED) is 0.511. The fraction of sp³-hybridized carbons (Fsp3) is 0.182. The number of aromatic carboxylic acids is 1. The van der Waals surface area contributed by atoms with Crippen molar-refractivity contribution in [2.24, 2.45) is 0 Å². The van der Waals surface area contributed by atoms with E-state index < -0.39 is 11.4 Å². The molecule has 0 radical (unpaired) electrons. The highest BCUT2D eigenvalue weighted by atomic mass is 35.5. The van der Waals surface area contributed by atoms with Gasteiger partial charge in [0, 0.05) is 35.3 Å². The van der Waals surface area contributed by atoms with Crippen LogP contribution in [0.2, 0.25) is 15.1 Å². The van der Waals surface area contributed by atoms with Crippen LogP contribution in [-0.2, 0) is 13.0 Å². The minimum absolute atomic E-state index is 0.287. The Balaban J connectivity index is 2.28. The van der Waals surface area contributed by atoms with Crippen LogP contribution in [0.3, 0.4) is 0 Å². The van der Waals surface area contributed by atoms with Crippen molar-refractivity contribution in [2.45, 2.75) is 26.8 Å². The maximum absolute atomic E-state index is 12.8. The van der Waals surface area contributed by atoms with E-state index in [2.05, 4.69) is 0 Å². The smallest absolute Gasteiger partial charge is 0.341 e. The molecule has 2 aromatic carbocycles. The monoisotopic (exact) mass is 449 g/mol. The fourth-order valence-electron chi connectivity index (χ4n) is 3.41. The van der Waals surface area contributed by atoms with Gasteiger partial charge in [-0.2, -0.15) is 0 Å². The first kappa shape index (κ1) is 21.4. The van der Waals surface area contributed by atoms with Crippen LogP contribution in [0.25, 0.3) is 11.3 Å². The van der Waals surface area contributed by atoms with Crippen LogP contribution in [-0.4, -0.2) is 15.6 Å². The number of carbonyl (C=O) groups is 1. The van der Waals surface area contributed by atoms with E-state index in [0.29, 0.717) is 40.0 Å². The van der Waals surface area contributed by atoms with Crippen LogP contribution in [0, 0.1) is 6.92 Å². The lowest BCUT2D eigenvalue weighted by molar-refractivity contribution is 0.0695. The number of pyridine rings is 1. The number of halogens is 3. The number of carboxylic acids is 1. The highest BCUT2D eigenvalue weighted by Gasteiger charge is 2.22. The predicted octanol–water partition coefficient (Wildman–Crippen LogP) is 6.09. The van der Waals surface area contributed by atoms with E-state index in [4.69, 9.17) is 34.8 Å². The molecule has 0 aliphatic carbocycles. The number of aromatic nitrogens is 1. The summed E-state index contributed by atoms with van der Waals surface area (Å²) in [6.45, 7) is 4.31. The van der Waals surface area contributed by atoms with Crippen molar-refractivity contribution in [3.8, 4) is 11.3 Å². The zero-order chi connectivity index (χ0) is 21.3. The summed E-state index contributed by atoms with van der Waals surface area (Å²) in [4.78, 5) is 24.7. The molecule has 1 heterocycles. The Bertz CT molecular complexity index is 1170. The van der Waals surface area contributed by atoms with Gasteiger partial charge < -0.3 is 9.67 Å². The van der Waals surface area contributed by atoms with Gasteiger partial charge in [-0.3, -0.25) is 4.79 Å². The van der Waals surface area contributed by atoms with Crippen molar-refractivity contribution >= 4 is 40.8 Å². The third-order valence-corrected chi connectivity index (χ3v) is 5.77. The molecular formula is C22H18Cl3NO3. The van der Waals surface area contributed by atoms with Gasteiger partial charge in [0.1, 0.15) is 5.56 Å². The Morgan fingerprint density at radius 1 is 1.03 bits per heavy atom. The van der Waals surface area contributed by atoms with Gasteiger partial charge >= 0.3 is 5.97 Å². The van der Waals surface area contributed by atoms with Crippen LogP contribution < -0.4 is 5.43 Å². The Kier molecular flexibility index (Phi) is 6.37. The highest BCUT2D eigenvalue weighted by molar-refractivity contribution is 6.42. The van der Waals surface area contributed by atoms with E-state index >= 15 is 0 Å². The SMILES string of the molecule is CCn1c(Cc2ccc(Cl)cc2C)cc(=O)c(C(=O)O)c1-c1ccc(Cl)c(Cl)c1. The largest absolute Gasteiger partial charge is 0.477 e. The van der Waals surface area contributed by atoms with Crippen LogP contribution in [0.1, 0.15) is 34.1 Å². The summed E-state index contributed by atoms with van der Waals surface area (Å²) in [7, 11) is 0. The second-order valence-corrected chi connectivity index (χ2v) is 7.90. The number of hydrogen-bond donors (Lipinski definition) is 1. The van der Waals surface area contributed by atoms with Crippen LogP contribution in [0.5, 0.6) is 0 Å². The summed E-state index contributed by atoms with van der Waals surface area (Å²) >= 11 is 18.2. The third-order valence-electron chi connectivity index (χ3n) is 4.80. The van der Waals surface area contributed by atoms with Crippen molar-refractivity contribution in [3.63, 3.8) is 0 Å². The molecular weight excluding hydrogens is 433 g/mol. The predicted molar refractivity (Wildman–Crippen MR) is 118 cm³/mol. The van der Waals surface area contributed by atoms with Crippen molar-refractivity contribution in [3.05, 3.63) is 90.1 Å². The molecule has 0 fully saturated rings. The van der Waals surface area contributed by atoms with E-state index in [1.807, 2.05) is 30.5 Å². The minimum atomic E-state index is -1.28. The molecule has 0 amide bonds. The first-order valence-electron chi connectivity index (χ1n) is 8.93. The molecule has 0 atom stereocenters. The molecule has 0 aliphatic rings. The van der Waals surface area contributed by atoms with Gasteiger partial charge in [-0.1, -0.05) is 46.9 Å². The first-order valence-corrected chi connectivity index (χ1v) is 10.1. The molecule has 1 N–H and O–H groups in total. The summed E-state index contributed by atoms with van der Waals surface area (Å²) in [5.74, 6) is -1.28. The van der Waals surface area contributed by atoms with E-state index in [1.54, 1.807) is 24.3 Å². The minimum Gasteiger partial charge on any atom is -0.477 e. The van der Waals surface area contributed by atoms with E-state index in [-0.39, 0.29) is 10.6 Å². The fourth-order valence-corrected chi connectivity index (χ4v) is 3.93. The molecule has 0 aliphatic heterocycles. The van der Waals surface area contributed by atoms with Gasteiger partial charge in [0.15, 0.2) is 5.43 Å². The van der Waals surface area contributed by atoms with E-state index in [9.17, 15) is 14.7 Å². The molecule has 0 spiro atoms. The molecule has 1 aromatic heterocycles. The third kappa shape index (κ3) is 4.35. The molecule has 7 heteroatoms. The zero-order valence-corrected chi connectivity index (χ0v) is 18.1. The highest BCUT2D eigenvalue weighted by Crippen LogP contribution is 2.31. The van der Waals surface area contributed by atoms with Crippen LogP contribution >= 0.6 is 34.8 Å². The second kappa shape index (κ2) is 8.62. The van der Waals surface area contributed by atoms with Crippen molar-refractivity contribution in [1.82, 2.24) is 4.57 Å². The standard InChI is InChI=1S/C22H18Cl3NO3/c1-3-26-16(9-13-4-6-15(23)8-12(13)2)11-19(27)20(22(28)29)21(26)14-5-7-17(24)18(25)10-14/h4-8,10-11H,3,9H2,1-2H3,(H,28,29). The Hall–Kier alpha value is -2.27. The molecule has 0 saturated carbocycles. The summed E-state index contributed by atoms with van der Waals surface area (Å²) in [5.41, 5.74) is 2.68. The second-order valence-electron chi connectivity index (χ2n) is 6.65. The Labute approximate surface area is 183 Å². The van der Waals surface area contributed by atoms with Crippen LogP contribution in [0.4, 0.5) is 0 Å². The zero-order valence-electron chi connectivity index (χ0n) is 15.8. The van der Waals surface area contributed by atoms with Gasteiger partial charge in [-0.15, -0.1) is 0 Å². The lowest BCUT2D eigenvalue weighted by Crippen LogP contribution is -2.23. The van der Waals surface area contributed by atoms with Crippen molar-refractivity contribution in [2.75, 3.05) is 0 Å². The molecule has 150 valence electrons. The van der Waals surface area contributed by atoms with Gasteiger partial charge in [-0.05, 0) is 49.2 Å². The Morgan fingerprint density at radius 3 is 2.34 bits per heavy atom. The van der Waals surface area contributed by atoms with Gasteiger partial charge in [0.2, 0.25) is 0 Å². The topological polar surface area (TPSA) is 59.3 Å². The lowest BCUT2D eigenvalue weighted by Gasteiger charge is -2.20. The summed E-state index contributed by atoms with van der Waals surface area (Å²) in [5, 5.41) is 11.0. The summed E-state index contributed by atoms with van der Waals surface area (Å²) < 4.78 is 1.83. The van der Waals surface area contributed by atoms with E-state index in [1.165, 1.54) is 6.07 Å². The molecule has 0 bridgehead atoms. The Morgan fingerprint density at radius 2 is 1.76 bits per heavy atom. The first-order chi connectivity index (χ1) is 13.7. The number of rotatable bonds is 5. The van der Waals surface area contributed by atoms with Crippen molar-refractivity contribution < 1.29 is 9.90 Å². The lowest BCUT2D eigenvalue weighted by atomic mass is 9.99. The number of hydrogen-bond acceptors (Lipinski definition) is 2. The number of aryl methyl sites for hydroxylation is 1. The average molecular weight is 451 g/mol. The molecule has 3 rings (SSSR count). The normalized spacial score (nSPS) is 10.9. The molecule has 4 nitrogen and oxygen atoms in total.